The Morgan fingerprint density at radius 1 is 0.476 bits per heavy atom. The van der Waals surface area contributed by atoms with Crippen LogP contribution in [0.3, 0.4) is 0 Å². The van der Waals surface area contributed by atoms with Crippen molar-refractivity contribution in [2.75, 3.05) is 0 Å². The quantitative estimate of drug-likeness (QED) is 0.388. The highest BCUT2D eigenvalue weighted by Crippen LogP contribution is 2.11. The summed E-state index contributed by atoms with van der Waals surface area (Å²) in [6.07, 6.45) is 0. The summed E-state index contributed by atoms with van der Waals surface area (Å²) in [4.78, 5) is 0. The van der Waals surface area contributed by atoms with E-state index in [4.69, 9.17) is 11.1 Å². The lowest BCUT2D eigenvalue weighted by atomic mass is 10.3. The van der Waals surface area contributed by atoms with Crippen molar-refractivity contribution in [1.29, 1.82) is 0 Å². The summed E-state index contributed by atoms with van der Waals surface area (Å²) < 4.78 is 0. The maximum atomic E-state index is 7.25. The van der Waals surface area contributed by atoms with Crippen LogP contribution in [-0.4, -0.2) is 18.3 Å². The van der Waals surface area contributed by atoms with Crippen LogP contribution in [0.2, 0.25) is 0 Å². The molecule has 0 atom stereocenters. The number of hydrogen-bond donors (Lipinski definition) is 0. The van der Waals surface area contributed by atoms with Gasteiger partial charge in [-0.15, -0.1) is 11.1 Å². The average molecular weight is 327 g/mol. The van der Waals surface area contributed by atoms with Crippen LogP contribution in [0.1, 0.15) is 0 Å². The molecule has 0 saturated heterocycles. The van der Waals surface area contributed by atoms with Gasteiger partial charge in [0.25, 0.3) is 0 Å². The Kier molecular flexibility index (Phi) is 5.18. The van der Waals surface area contributed by atoms with E-state index in [0.717, 1.165) is 0 Å². The molecule has 3 heteroatoms. The molecule has 0 nitrogen and oxygen atoms in total. The Balaban J connectivity index is 0.00000161. The van der Waals surface area contributed by atoms with Crippen LogP contribution in [-0.2, 0) is 0 Å². The van der Waals surface area contributed by atoms with Gasteiger partial charge in [0.05, 0.1) is 0 Å². The van der Waals surface area contributed by atoms with Crippen LogP contribution >= 0.6 is 11.1 Å². The van der Waals surface area contributed by atoms with E-state index in [-0.39, 0.29) is 11.0 Å². The van der Waals surface area contributed by atoms with Gasteiger partial charge in [-0.2, -0.15) is 0 Å². The van der Waals surface area contributed by atoms with E-state index in [1.165, 1.54) is 15.6 Å². The topological polar surface area (TPSA) is 0 Å². The van der Waals surface area contributed by atoms with Crippen molar-refractivity contribution < 1.29 is 0 Å². The van der Waals surface area contributed by atoms with Crippen LogP contribution in [0.5, 0.6) is 0 Å². The van der Waals surface area contributed by atoms with Crippen molar-refractivity contribution in [2.45, 2.75) is 0 Å². The monoisotopic (exact) mass is 326 g/mol. The standard InChI is InChI=1S/C18H15ClSi.H4Si/c19-20(16-10-4-1-5-11-16,17-12-6-2-7-13-17)18-14-8-3-9-15-18;/h1-15H;1H4. The van der Waals surface area contributed by atoms with Gasteiger partial charge >= 0.3 is 0 Å². The Bertz CT molecular complexity index is 573. The highest BCUT2D eigenvalue weighted by molar-refractivity contribution is 7.40. The summed E-state index contributed by atoms with van der Waals surface area (Å²) in [5, 5.41) is 3.66. The van der Waals surface area contributed by atoms with Crippen molar-refractivity contribution in [1.82, 2.24) is 0 Å². The maximum absolute atomic E-state index is 7.25. The predicted octanol–water partition coefficient (Wildman–Crippen LogP) is 1.44. The summed E-state index contributed by atoms with van der Waals surface area (Å²) in [6.45, 7) is 0. The lowest BCUT2D eigenvalue weighted by molar-refractivity contribution is 1.70. The first-order valence-corrected chi connectivity index (χ1v) is 9.68. The molecule has 0 heterocycles. The third-order valence-electron chi connectivity index (χ3n) is 3.51. The number of benzene rings is 3. The molecule has 0 fully saturated rings. The number of rotatable bonds is 3. The van der Waals surface area contributed by atoms with Crippen molar-refractivity contribution in [3.63, 3.8) is 0 Å². The maximum Gasteiger partial charge on any atom is 0.247 e. The average Bonchev–Trinajstić information content (AvgIpc) is 2.56. The van der Waals surface area contributed by atoms with E-state index in [9.17, 15) is 0 Å². The van der Waals surface area contributed by atoms with Gasteiger partial charge in [-0.1, -0.05) is 91.0 Å². The van der Waals surface area contributed by atoms with Crippen LogP contribution < -0.4 is 15.6 Å². The number of hydrogen-bond acceptors (Lipinski definition) is 0. The molecule has 3 aromatic rings. The molecule has 0 aliphatic rings. The fraction of sp³-hybridized carbons (Fsp3) is 0. The summed E-state index contributed by atoms with van der Waals surface area (Å²) in [5.74, 6) is 0. The van der Waals surface area contributed by atoms with Crippen LogP contribution in [0.15, 0.2) is 91.0 Å². The molecular weight excluding hydrogens is 308 g/mol. The first kappa shape index (κ1) is 15.8. The second-order valence-electron chi connectivity index (χ2n) is 4.76. The number of halogens is 1. The van der Waals surface area contributed by atoms with Crippen molar-refractivity contribution in [2.24, 2.45) is 0 Å². The largest absolute Gasteiger partial charge is 0.247 e. The van der Waals surface area contributed by atoms with E-state index in [1.807, 2.05) is 18.2 Å². The van der Waals surface area contributed by atoms with Crippen LogP contribution in [0, 0.1) is 0 Å². The highest BCUT2D eigenvalue weighted by Gasteiger charge is 2.37. The first-order chi connectivity index (χ1) is 9.82. The van der Waals surface area contributed by atoms with Crippen LogP contribution in [0.4, 0.5) is 0 Å². The van der Waals surface area contributed by atoms with Gasteiger partial charge in [-0.25, -0.2) is 0 Å². The molecule has 0 radical (unpaired) electrons. The summed E-state index contributed by atoms with van der Waals surface area (Å²) in [7, 11) is -2.41. The minimum Gasteiger partial charge on any atom is -0.149 e. The molecule has 106 valence electrons. The Morgan fingerprint density at radius 2 is 0.714 bits per heavy atom. The van der Waals surface area contributed by atoms with Gasteiger partial charge in [0.15, 0.2) is 0 Å². The fourth-order valence-corrected chi connectivity index (χ4v) is 6.59. The predicted molar refractivity (Wildman–Crippen MR) is 101 cm³/mol. The zero-order chi connectivity index (χ0) is 13.8. The van der Waals surface area contributed by atoms with Gasteiger partial charge in [0.1, 0.15) is 0 Å². The molecule has 0 aliphatic heterocycles. The second kappa shape index (κ2) is 6.90. The van der Waals surface area contributed by atoms with Crippen molar-refractivity contribution in [3.05, 3.63) is 91.0 Å². The summed E-state index contributed by atoms with van der Waals surface area (Å²) in [5.41, 5.74) is 0. The summed E-state index contributed by atoms with van der Waals surface area (Å²) in [6, 6.07) is 31.3. The van der Waals surface area contributed by atoms with Gasteiger partial charge in [-0.05, 0) is 26.5 Å². The van der Waals surface area contributed by atoms with E-state index in [0.29, 0.717) is 0 Å². The first-order valence-electron chi connectivity index (χ1n) is 6.67. The molecule has 0 spiro atoms. The molecule has 0 N–H and O–H groups in total. The Morgan fingerprint density at radius 3 is 0.952 bits per heavy atom. The minimum absolute atomic E-state index is 0. The van der Waals surface area contributed by atoms with Crippen LogP contribution in [0.25, 0.3) is 0 Å². The molecule has 0 aliphatic carbocycles. The molecule has 21 heavy (non-hydrogen) atoms. The van der Waals surface area contributed by atoms with Gasteiger partial charge < -0.3 is 0 Å². The molecule has 0 saturated carbocycles. The molecule has 0 amide bonds. The molecule has 0 aromatic heterocycles. The van der Waals surface area contributed by atoms with Gasteiger partial charge in [0, 0.05) is 0 Å². The SMILES string of the molecule is Cl[Si](c1ccccc1)(c1ccccc1)c1ccccc1.[SiH4]. The van der Waals surface area contributed by atoms with E-state index in [1.54, 1.807) is 0 Å². The molecule has 3 rings (SSSR count). The molecule has 0 bridgehead atoms. The van der Waals surface area contributed by atoms with E-state index >= 15 is 0 Å². The van der Waals surface area contributed by atoms with E-state index < -0.39 is 7.38 Å². The highest BCUT2D eigenvalue weighted by atomic mass is 35.6. The Labute approximate surface area is 136 Å². The molecular formula is C18H19ClSi2. The zero-order valence-electron chi connectivity index (χ0n) is 11.0. The zero-order valence-corrected chi connectivity index (χ0v) is 12.8. The van der Waals surface area contributed by atoms with Gasteiger partial charge in [-0.3, -0.25) is 0 Å². The minimum atomic E-state index is -2.41. The van der Waals surface area contributed by atoms with E-state index in [2.05, 4.69) is 72.8 Å². The third kappa shape index (κ3) is 3.03. The second-order valence-corrected chi connectivity index (χ2v) is 9.51. The van der Waals surface area contributed by atoms with Gasteiger partial charge in [0.2, 0.25) is 7.38 Å². The normalized spacial score (nSPS) is 10.7. The lowest BCUT2D eigenvalue weighted by Crippen LogP contribution is -2.62. The summed E-state index contributed by atoms with van der Waals surface area (Å²) >= 11 is 7.25. The lowest BCUT2D eigenvalue weighted by Gasteiger charge is -2.26. The smallest absolute Gasteiger partial charge is 0.149 e. The fourth-order valence-electron chi connectivity index (χ4n) is 2.50. The third-order valence-corrected chi connectivity index (χ3v) is 8.87. The van der Waals surface area contributed by atoms with Crippen molar-refractivity contribution in [3.8, 4) is 0 Å². The molecule has 3 aromatic carbocycles. The Hall–Kier alpha value is -1.62. The molecule has 0 unspecified atom stereocenters. The van der Waals surface area contributed by atoms with Crippen molar-refractivity contribution >= 4 is 45.0 Å².